The van der Waals surface area contributed by atoms with E-state index in [4.69, 9.17) is 0 Å². The lowest BCUT2D eigenvalue weighted by Gasteiger charge is -2.46. The summed E-state index contributed by atoms with van der Waals surface area (Å²) in [6.07, 6.45) is 4.26. The van der Waals surface area contributed by atoms with Gasteiger partial charge in [-0.25, -0.2) is 4.98 Å². The van der Waals surface area contributed by atoms with E-state index in [1.165, 1.54) is 11.8 Å². The smallest absolute Gasteiger partial charge is 0.256 e. The van der Waals surface area contributed by atoms with Gasteiger partial charge in [-0.2, -0.15) is 0 Å². The number of hydrogen-bond acceptors (Lipinski definition) is 4. The van der Waals surface area contributed by atoms with E-state index in [9.17, 15) is 9.90 Å². The lowest BCUT2D eigenvalue weighted by Crippen LogP contribution is -2.63. The molecule has 0 saturated carbocycles. The first-order chi connectivity index (χ1) is 8.09. The summed E-state index contributed by atoms with van der Waals surface area (Å²) in [7, 11) is 0. The van der Waals surface area contributed by atoms with Crippen LogP contribution >= 0.6 is 11.8 Å². The molecule has 2 rings (SSSR count). The largest absolute Gasteiger partial charge is 0.386 e. The van der Waals surface area contributed by atoms with Crippen LogP contribution in [-0.4, -0.2) is 45.8 Å². The Balaban J connectivity index is 2.12. The van der Waals surface area contributed by atoms with Crippen LogP contribution < -0.4 is 0 Å². The minimum absolute atomic E-state index is 0.0411. The van der Waals surface area contributed by atoms with E-state index in [-0.39, 0.29) is 5.91 Å². The molecule has 92 valence electrons. The Bertz CT molecular complexity index is 430. The normalized spacial score (nSPS) is 17.7. The van der Waals surface area contributed by atoms with Crippen molar-refractivity contribution in [3.8, 4) is 0 Å². The Morgan fingerprint density at radius 3 is 2.94 bits per heavy atom. The number of amides is 1. The lowest BCUT2D eigenvalue weighted by molar-refractivity contribution is -0.0827. The molecule has 1 aromatic heterocycles. The third-order valence-electron chi connectivity index (χ3n) is 3.11. The summed E-state index contributed by atoms with van der Waals surface area (Å²) >= 11 is 1.46. The van der Waals surface area contributed by atoms with Crippen LogP contribution in [0.15, 0.2) is 23.4 Å². The zero-order valence-corrected chi connectivity index (χ0v) is 10.8. The molecule has 0 radical (unpaired) electrons. The average molecular weight is 252 g/mol. The Kier molecular flexibility index (Phi) is 3.40. The molecule has 1 saturated heterocycles. The Hall–Kier alpha value is -1.07. The van der Waals surface area contributed by atoms with Gasteiger partial charge < -0.3 is 10.0 Å². The summed E-state index contributed by atoms with van der Waals surface area (Å²) in [5, 5.41) is 10.6. The molecule has 1 aliphatic heterocycles. The predicted molar refractivity (Wildman–Crippen MR) is 67.2 cm³/mol. The number of aliphatic hydroxyl groups is 1. The fourth-order valence-corrected chi connectivity index (χ4v) is 2.46. The summed E-state index contributed by atoms with van der Waals surface area (Å²) in [6.45, 7) is 2.77. The second-order valence-electron chi connectivity index (χ2n) is 4.30. The van der Waals surface area contributed by atoms with Crippen LogP contribution in [0, 0.1) is 0 Å². The molecule has 1 amide bonds. The maximum Gasteiger partial charge on any atom is 0.256 e. The van der Waals surface area contributed by atoms with Crippen molar-refractivity contribution in [3.63, 3.8) is 0 Å². The third-order valence-corrected chi connectivity index (χ3v) is 3.82. The summed E-state index contributed by atoms with van der Waals surface area (Å²) in [5.41, 5.74) is -0.0599. The molecule has 1 N–H and O–H groups in total. The highest BCUT2D eigenvalue weighted by Gasteiger charge is 2.42. The fraction of sp³-hybridized carbons (Fsp3) is 0.500. The third kappa shape index (κ3) is 2.30. The van der Waals surface area contributed by atoms with Gasteiger partial charge >= 0.3 is 0 Å². The van der Waals surface area contributed by atoms with Crippen LogP contribution in [0.4, 0.5) is 0 Å². The van der Waals surface area contributed by atoms with Gasteiger partial charge in [0.25, 0.3) is 5.91 Å². The molecule has 0 spiro atoms. The van der Waals surface area contributed by atoms with Gasteiger partial charge in [0.2, 0.25) is 0 Å². The van der Waals surface area contributed by atoms with E-state index in [1.54, 1.807) is 23.2 Å². The number of carbonyl (C=O) groups excluding carboxylic acids is 1. The van der Waals surface area contributed by atoms with Crippen molar-refractivity contribution >= 4 is 17.7 Å². The minimum atomic E-state index is -0.683. The first-order valence-corrected chi connectivity index (χ1v) is 6.83. The van der Waals surface area contributed by atoms with Gasteiger partial charge in [0.1, 0.15) is 5.03 Å². The van der Waals surface area contributed by atoms with Crippen LogP contribution in [0.5, 0.6) is 0 Å². The zero-order valence-electron chi connectivity index (χ0n) is 10.0. The number of hydrogen-bond donors (Lipinski definition) is 1. The average Bonchev–Trinajstić information content (AvgIpc) is 2.34. The molecule has 2 heterocycles. The molecule has 5 heteroatoms. The molecule has 1 aromatic rings. The molecular weight excluding hydrogens is 236 g/mol. The first kappa shape index (κ1) is 12.4. The number of carbonyl (C=O) groups is 1. The van der Waals surface area contributed by atoms with E-state index in [0.717, 1.165) is 5.03 Å². The zero-order chi connectivity index (χ0) is 12.5. The van der Waals surface area contributed by atoms with Gasteiger partial charge in [0, 0.05) is 6.20 Å². The molecule has 4 nitrogen and oxygen atoms in total. The van der Waals surface area contributed by atoms with Crippen molar-refractivity contribution < 1.29 is 9.90 Å². The van der Waals surface area contributed by atoms with Gasteiger partial charge in [0.15, 0.2) is 0 Å². The number of rotatable bonds is 3. The first-order valence-electron chi connectivity index (χ1n) is 5.60. The Labute approximate surface area is 105 Å². The van der Waals surface area contributed by atoms with E-state index >= 15 is 0 Å². The van der Waals surface area contributed by atoms with Gasteiger partial charge in [-0.15, -0.1) is 11.8 Å². The molecular formula is C12H16N2O2S. The van der Waals surface area contributed by atoms with Gasteiger partial charge in [-0.05, 0) is 24.8 Å². The minimum Gasteiger partial charge on any atom is -0.386 e. The molecule has 1 fully saturated rings. The molecule has 0 atom stereocenters. The molecule has 0 unspecified atom stereocenters. The number of thioether (sulfide) groups is 1. The van der Waals surface area contributed by atoms with Crippen LogP contribution in [0.3, 0.4) is 0 Å². The number of β-amino-alcohol motifs (C(OH)–C–C–N with tert-alkyl or cyclic N) is 1. The standard InChI is InChI=1S/C12H16N2O2S/c1-3-12(16)7-14(8-12)11(15)9-5-4-6-13-10(9)17-2/h4-6,16H,3,7-8H2,1-2H3. The van der Waals surface area contributed by atoms with Crippen molar-refractivity contribution in [2.75, 3.05) is 19.3 Å². The van der Waals surface area contributed by atoms with E-state index in [1.807, 2.05) is 13.2 Å². The number of nitrogens with zero attached hydrogens (tertiary/aromatic N) is 2. The maximum atomic E-state index is 12.2. The number of pyridine rings is 1. The SMILES string of the molecule is CCC1(O)CN(C(=O)c2cccnc2SC)C1. The quantitative estimate of drug-likeness (QED) is 0.826. The van der Waals surface area contributed by atoms with Gasteiger partial charge in [0.05, 0.1) is 24.3 Å². The molecule has 17 heavy (non-hydrogen) atoms. The van der Waals surface area contributed by atoms with Gasteiger partial charge in [-0.1, -0.05) is 6.92 Å². The van der Waals surface area contributed by atoms with E-state index < -0.39 is 5.60 Å². The predicted octanol–water partition coefficient (Wildman–Crippen LogP) is 1.40. The number of likely N-dealkylation sites (tertiary alicyclic amines) is 1. The highest BCUT2D eigenvalue weighted by atomic mass is 32.2. The Morgan fingerprint density at radius 2 is 2.35 bits per heavy atom. The highest BCUT2D eigenvalue weighted by Crippen LogP contribution is 2.27. The van der Waals surface area contributed by atoms with Crippen LogP contribution in [0.25, 0.3) is 0 Å². The molecule has 0 aromatic carbocycles. The van der Waals surface area contributed by atoms with Crippen LogP contribution in [-0.2, 0) is 0 Å². The van der Waals surface area contributed by atoms with Crippen LogP contribution in [0.2, 0.25) is 0 Å². The topological polar surface area (TPSA) is 53.4 Å². The van der Waals surface area contributed by atoms with Crippen molar-refractivity contribution in [2.45, 2.75) is 24.0 Å². The maximum absolute atomic E-state index is 12.2. The summed E-state index contributed by atoms with van der Waals surface area (Å²) in [4.78, 5) is 18.0. The number of aromatic nitrogens is 1. The highest BCUT2D eigenvalue weighted by molar-refractivity contribution is 7.98. The van der Waals surface area contributed by atoms with Crippen molar-refractivity contribution in [1.82, 2.24) is 9.88 Å². The summed E-state index contributed by atoms with van der Waals surface area (Å²) in [6, 6.07) is 3.54. The molecule has 0 aliphatic carbocycles. The van der Waals surface area contributed by atoms with E-state index in [2.05, 4.69) is 4.98 Å². The Morgan fingerprint density at radius 1 is 1.65 bits per heavy atom. The second-order valence-corrected chi connectivity index (χ2v) is 5.09. The second kappa shape index (κ2) is 4.66. The van der Waals surface area contributed by atoms with Crippen molar-refractivity contribution in [3.05, 3.63) is 23.9 Å². The van der Waals surface area contributed by atoms with Crippen molar-refractivity contribution in [1.29, 1.82) is 0 Å². The summed E-state index contributed by atoms with van der Waals surface area (Å²) in [5.74, 6) is -0.0411. The van der Waals surface area contributed by atoms with E-state index in [0.29, 0.717) is 25.1 Å². The molecule has 0 bridgehead atoms. The van der Waals surface area contributed by atoms with Crippen LogP contribution in [0.1, 0.15) is 23.7 Å². The summed E-state index contributed by atoms with van der Waals surface area (Å²) < 4.78 is 0. The molecule has 1 aliphatic rings. The van der Waals surface area contributed by atoms with Gasteiger partial charge in [-0.3, -0.25) is 4.79 Å². The lowest BCUT2D eigenvalue weighted by atomic mass is 9.91. The monoisotopic (exact) mass is 252 g/mol. The van der Waals surface area contributed by atoms with Crippen molar-refractivity contribution in [2.24, 2.45) is 0 Å². The fourth-order valence-electron chi connectivity index (χ4n) is 1.92.